The standard InChI is InChI=1S/C10H7.C6H14.Li/c1-2-6-10-8-4-3-7-9(10)5-1;1-3-5-6-4-2;/h1-7H;3-6H2,1-2H3;/q-1;;+1. The zero-order valence-corrected chi connectivity index (χ0v) is 11.4. The minimum absolute atomic E-state index is 0. The molecule has 0 aliphatic rings. The van der Waals surface area contributed by atoms with Crippen molar-refractivity contribution in [2.24, 2.45) is 0 Å². The monoisotopic (exact) mass is 220 g/mol. The summed E-state index contributed by atoms with van der Waals surface area (Å²) < 4.78 is 0. The molecular weight excluding hydrogens is 199 g/mol. The van der Waals surface area contributed by atoms with Crippen LogP contribution in [0.5, 0.6) is 0 Å². The second-order valence-electron chi connectivity index (χ2n) is 3.96. The van der Waals surface area contributed by atoms with E-state index >= 15 is 0 Å². The number of hydrogen-bond donors (Lipinski definition) is 0. The van der Waals surface area contributed by atoms with Crippen molar-refractivity contribution in [2.75, 3.05) is 0 Å². The second kappa shape index (κ2) is 10.5. The minimum atomic E-state index is 0. The molecule has 0 aliphatic carbocycles. The smallest absolute Gasteiger partial charge is 0.147 e. The molecule has 0 saturated heterocycles. The van der Waals surface area contributed by atoms with Gasteiger partial charge in [0.1, 0.15) is 0 Å². The van der Waals surface area contributed by atoms with Crippen molar-refractivity contribution in [3.05, 3.63) is 48.5 Å². The summed E-state index contributed by atoms with van der Waals surface area (Å²) in [7, 11) is 0. The third kappa shape index (κ3) is 6.57. The van der Waals surface area contributed by atoms with E-state index in [1.54, 1.807) is 0 Å². The van der Waals surface area contributed by atoms with E-state index in [-0.39, 0.29) is 18.9 Å². The van der Waals surface area contributed by atoms with Gasteiger partial charge in [0.2, 0.25) is 0 Å². The van der Waals surface area contributed by atoms with Gasteiger partial charge < -0.3 is 0 Å². The summed E-state index contributed by atoms with van der Waals surface area (Å²) >= 11 is 0. The molecule has 0 N–H and O–H groups in total. The zero-order valence-electron chi connectivity index (χ0n) is 11.4. The van der Waals surface area contributed by atoms with E-state index in [0.717, 1.165) is 0 Å². The van der Waals surface area contributed by atoms with Crippen LogP contribution in [0.15, 0.2) is 42.5 Å². The normalized spacial score (nSPS) is 9.06. The van der Waals surface area contributed by atoms with Gasteiger partial charge in [0, 0.05) is 0 Å². The summed E-state index contributed by atoms with van der Waals surface area (Å²) in [5.41, 5.74) is 0. The van der Waals surface area contributed by atoms with E-state index in [2.05, 4.69) is 38.1 Å². The minimum Gasteiger partial charge on any atom is -0.147 e. The van der Waals surface area contributed by atoms with Crippen LogP contribution in [0.3, 0.4) is 0 Å². The van der Waals surface area contributed by atoms with E-state index in [9.17, 15) is 0 Å². The number of hydrogen-bond acceptors (Lipinski definition) is 0. The van der Waals surface area contributed by atoms with Gasteiger partial charge in [0.15, 0.2) is 0 Å². The Balaban J connectivity index is 0.000000324. The second-order valence-corrected chi connectivity index (χ2v) is 3.96. The van der Waals surface area contributed by atoms with Crippen LogP contribution in [-0.2, 0) is 0 Å². The molecule has 0 heterocycles. The van der Waals surface area contributed by atoms with Crippen LogP contribution in [0.1, 0.15) is 39.5 Å². The number of benzene rings is 2. The average Bonchev–Trinajstić information content (AvgIpc) is 2.37. The Bertz CT molecular complexity index is 326. The maximum atomic E-state index is 3.15. The molecule has 2 rings (SSSR count). The number of fused-ring (bicyclic) bond motifs is 1. The third-order valence-electron chi connectivity index (χ3n) is 2.53. The fourth-order valence-electron chi connectivity index (χ4n) is 1.56. The maximum Gasteiger partial charge on any atom is 1.00 e. The molecule has 1 heteroatoms. The first-order valence-corrected chi connectivity index (χ1v) is 6.24. The number of unbranched alkanes of at least 4 members (excludes halogenated alkanes) is 3. The maximum absolute atomic E-state index is 3.15. The van der Waals surface area contributed by atoms with Crippen molar-refractivity contribution in [3.8, 4) is 0 Å². The first-order valence-electron chi connectivity index (χ1n) is 6.24. The Hall–Kier alpha value is -0.703. The topological polar surface area (TPSA) is 0 Å². The fourth-order valence-corrected chi connectivity index (χ4v) is 1.56. The molecule has 0 aliphatic heterocycles. The van der Waals surface area contributed by atoms with E-state index in [4.69, 9.17) is 0 Å². The van der Waals surface area contributed by atoms with Crippen LogP contribution in [0, 0.1) is 6.07 Å². The molecule has 2 aromatic carbocycles. The van der Waals surface area contributed by atoms with Gasteiger partial charge in [0.05, 0.1) is 0 Å². The quantitative estimate of drug-likeness (QED) is 0.423. The zero-order chi connectivity index (χ0) is 11.6. The van der Waals surface area contributed by atoms with Gasteiger partial charge in [-0.15, -0.1) is 47.2 Å². The Morgan fingerprint density at radius 1 is 0.882 bits per heavy atom. The SMILES string of the molecule is CCCCCC.[Li+].[c-]1cccc2ccccc12. The third-order valence-corrected chi connectivity index (χ3v) is 2.53. The van der Waals surface area contributed by atoms with Gasteiger partial charge in [-0.25, -0.2) is 0 Å². The molecule has 0 atom stereocenters. The Kier molecular flexibility index (Phi) is 10.0. The molecule has 0 nitrogen and oxygen atoms in total. The first kappa shape index (κ1) is 16.3. The molecule has 0 spiro atoms. The summed E-state index contributed by atoms with van der Waals surface area (Å²) in [6.07, 6.45) is 5.54. The van der Waals surface area contributed by atoms with Crippen molar-refractivity contribution in [3.63, 3.8) is 0 Å². The molecule has 0 aromatic heterocycles. The Labute approximate surface area is 118 Å². The van der Waals surface area contributed by atoms with Crippen LogP contribution in [0.4, 0.5) is 0 Å². The molecule has 0 fully saturated rings. The van der Waals surface area contributed by atoms with Crippen LogP contribution in [0.2, 0.25) is 0 Å². The Morgan fingerprint density at radius 3 is 2.06 bits per heavy atom. The molecular formula is C16H21Li. The Morgan fingerprint density at radius 2 is 1.47 bits per heavy atom. The molecule has 2 aromatic rings. The number of rotatable bonds is 3. The largest absolute Gasteiger partial charge is 1.00 e. The summed E-state index contributed by atoms with van der Waals surface area (Å²) in [4.78, 5) is 0. The van der Waals surface area contributed by atoms with Gasteiger partial charge in [0.25, 0.3) is 0 Å². The van der Waals surface area contributed by atoms with Crippen LogP contribution < -0.4 is 18.9 Å². The molecule has 0 amide bonds. The molecule has 0 bridgehead atoms. The van der Waals surface area contributed by atoms with E-state index in [0.29, 0.717) is 0 Å². The predicted octanol–water partition coefficient (Wildman–Crippen LogP) is 2.23. The van der Waals surface area contributed by atoms with Crippen molar-refractivity contribution >= 4 is 10.8 Å². The van der Waals surface area contributed by atoms with E-state index < -0.39 is 0 Å². The predicted molar refractivity (Wildman–Crippen MR) is 72.6 cm³/mol. The average molecular weight is 220 g/mol. The van der Waals surface area contributed by atoms with Crippen molar-refractivity contribution in [1.82, 2.24) is 0 Å². The van der Waals surface area contributed by atoms with Gasteiger partial charge in [-0.1, -0.05) is 51.7 Å². The summed E-state index contributed by atoms with van der Waals surface area (Å²) in [5, 5.41) is 2.44. The van der Waals surface area contributed by atoms with Gasteiger partial charge in [-0.2, -0.15) is 0 Å². The van der Waals surface area contributed by atoms with E-state index in [1.807, 2.05) is 24.3 Å². The van der Waals surface area contributed by atoms with E-state index in [1.165, 1.54) is 36.5 Å². The summed E-state index contributed by atoms with van der Waals surface area (Å²) in [6.45, 7) is 4.46. The first-order chi connectivity index (χ1) is 7.88. The van der Waals surface area contributed by atoms with Crippen molar-refractivity contribution in [1.29, 1.82) is 0 Å². The van der Waals surface area contributed by atoms with Gasteiger partial charge in [-0.05, 0) is 0 Å². The van der Waals surface area contributed by atoms with Crippen molar-refractivity contribution < 1.29 is 18.9 Å². The molecule has 0 saturated carbocycles. The van der Waals surface area contributed by atoms with Crippen LogP contribution in [0.25, 0.3) is 10.8 Å². The van der Waals surface area contributed by atoms with Gasteiger partial charge in [-0.3, -0.25) is 0 Å². The summed E-state index contributed by atoms with van der Waals surface area (Å²) in [6, 6.07) is 17.4. The fraction of sp³-hybridized carbons (Fsp3) is 0.375. The molecule has 0 unspecified atom stereocenters. The molecule has 86 valence electrons. The summed E-state index contributed by atoms with van der Waals surface area (Å²) in [5.74, 6) is 0. The molecule has 17 heavy (non-hydrogen) atoms. The van der Waals surface area contributed by atoms with Crippen LogP contribution >= 0.6 is 0 Å². The van der Waals surface area contributed by atoms with Crippen LogP contribution in [-0.4, -0.2) is 0 Å². The van der Waals surface area contributed by atoms with Crippen molar-refractivity contribution in [2.45, 2.75) is 39.5 Å². The molecule has 0 radical (unpaired) electrons. The van der Waals surface area contributed by atoms with Gasteiger partial charge >= 0.3 is 18.9 Å².